The number of thiophene rings is 1. The molecule has 0 atom stereocenters. The van der Waals surface area contributed by atoms with E-state index in [0.29, 0.717) is 16.1 Å². The van der Waals surface area contributed by atoms with E-state index in [1.165, 1.54) is 29.5 Å². The molecular formula is C13H12N2O3S. The molecule has 0 aliphatic carbocycles. The lowest BCUT2D eigenvalue weighted by Gasteiger charge is -2.12. The topological polar surface area (TPSA) is 81.6 Å². The van der Waals surface area contributed by atoms with Crippen LogP contribution >= 0.6 is 11.3 Å². The maximum Gasteiger partial charge on any atom is 0.279 e. The van der Waals surface area contributed by atoms with Gasteiger partial charge in [0.2, 0.25) is 0 Å². The first-order valence-corrected chi connectivity index (χ1v) is 6.27. The molecular weight excluding hydrogens is 264 g/mol. The van der Waals surface area contributed by atoms with Crippen molar-refractivity contribution in [1.82, 2.24) is 10.9 Å². The molecule has 1 amide bonds. The SMILES string of the molecule is C=C(NNC(=O)c1cccs1)c1ccc(O)cc1O. The molecule has 0 aliphatic rings. The van der Waals surface area contributed by atoms with E-state index >= 15 is 0 Å². The Hall–Kier alpha value is -2.47. The normalized spacial score (nSPS) is 9.89. The molecule has 98 valence electrons. The number of hydrogen-bond donors (Lipinski definition) is 4. The molecule has 0 spiro atoms. The fourth-order valence-electron chi connectivity index (χ4n) is 1.44. The number of nitrogens with one attached hydrogen (secondary N) is 2. The van der Waals surface area contributed by atoms with Gasteiger partial charge in [-0.2, -0.15) is 0 Å². The largest absolute Gasteiger partial charge is 0.508 e. The molecule has 0 radical (unpaired) electrons. The average molecular weight is 276 g/mol. The maximum absolute atomic E-state index is 11.7. The molecule has 6 heteroatoms. The number of hydrogen-bond acceptors (Lipinski definition) is 5. The van der Waals surface area contributed by atoms with Crippen molar-refractivity contribution in [1.29, 1.82) is 0 Å². The average Bonchev–Trinajstić information content (AvgIpc) is 2.89. The fourth-order valence-corrected chi connectivity index (χ4v) is 2.06. The van der Waals surface area contributed by atoms with Gasteiger partial charge in [-0.1, -0.05) is 12.6 Å². The summed E-state index contributed by atoms with van der Waals surface area (Å²) < 4.78 is 0. The summed E-state index contributed by atoms with van der Waals surface area (Å²) in [7, 11) is 0. The molecule has 0 unspecified atom stereocenters. The van der Waals surface area contributed by atoms with Crippen LogP contribution in [0.2, 0.25) is 0 Å². The van der Waals surface area contributed by atoms with Crippen LogP contribution in [0.15, 0.2) is 42.3 Å². The van der Waals surface area contributed by atoms with Crippen molar-refractivity contribution in [3.63, 3.8) is 0 Å². The number of aromatic hydroxyl groups is 2. The summed E-state index contributed by atoms with van der Waals surface area (Å²) in [5, 5.41) is 20.6. The Morgan fingerprint density at radius 3 is 2.63 bits per heavy atom. The summed E-state index contributed by atoms with van der Waals surface area (Å²) >= 11 is 1.32. The molecule has 5 nitrogen and oxygen atoms in total. The van der Waals surface area contributed by atoms with Crippen LogP contribution in [0, 0.1) is 0 Å². The van der Waals surface area contributed by atoms with Crippen LogP contribution in [-0.2, 0) is 0 Å². The first-order chi connectivity index (χ1) is 9.08. The third-order valence-electron chi connectivity index (χ3n) is 2.38. The van der Waals surface area contributed by atoms with Crippen LogP contribution in [0.3, 0.4) is 0 Å². The minimum Gasteiger partial charge on any atom is -0.508 e. The van der Waals surface area contributed by atoms with Crippen LogP contribution in [0.5, 0.6) is 11.5 Å². The Morgan fingerprint density at radius 2 is 2.00 bits per heavy atom. The third-order valence-corrected chi connectivity index (χ3v) is 3.25. The van der Waals surface area contributed by atoms with E-state index in [2.05, 4.69) is 17.4 Å². The van der Waals surface area contributed by atoms with Crippen LogP contribution in [0.25, 0.3) is 5.70 Å². The van der Waals surface area contributed by atoms with Gasteiger partial charge in [-0.25, -0.2) is 0 Å². The molecule has 0 fully saturated rings. The molecule has 2 aromatic rings. The Bertz CT molecular complexity index is 608. The summed E-state index contributed by atoms with van der Waals surface area (Å²) in [6.45, 7) is 3.70. The second-order valence-electron chi connectivity index (χ2n) is 3.74. The van der Waals surface area contributed by atoms with Crippen LogP contribution in [0.1, 0.15) is 15.2 Å². The molecule has 4 N–H and O–H groups in total. The first-order valence-electron chi connectivity index (χ1n) is 5.39. The molecule has 0 bridgehead atoms. The van der Waals surface area contributed by atoms with E-state index in [1.807, 2.05) is 0 Å². The van der Waals surface area contributed by atoms with Gasteiger partial charge < -0.3 is 10.2 Å². The quantitative estimate of drug-likeness (QED) is 0.644. The summed E-state index contributed by atoms with van der Waals surface area (Å²) in [5.41, 5.74) is 5.81. The number of benzene rings is 1. The van der Waals surface area contributed by atoms with Crippen molar-refractivity contribution >= 4 is 22.9 Å². The Balaban J connectivity index is 2.00. The summed E-state index contributed by atoms with van der Waals surface area (Å²) in [6, 6.07) is 7.59. The lowest BCUT2D eigenvalue weighted by Crippen LogP contribution is -2.35. The predicted molar refractivity (Wildman–Crippen MR) is 73.7 cm³/mol. The molecule has 1 aromatic heterocycles. The maximum atomic E-state index is 11.7. The predicted octanol–water partition coefficient (Wildman–Crippen LogP) is 2.06. The van der Waals surface area contributed by atoms with Crippen molar-refractivity contribution in [2.24, 2.45) is 0 Å². The lowest BCUT2D eigenvalue weighted by atomic mass is 10.1. The number of amides is 1. The summed E-state index contributed by atoms with van der Waals surface area (Å²) in [6.07, 6.45) is 0. The van der Waals surface area contributed by atoms with Gasteiger partial charge in [0, 0.05) is 11.6 Å². The van der Waals surface area contributed by atoms with E-state index in [9.17, 15) is 15.0 Å². The highest BCUT2D eigenvalue weighted by molar-refractivity contribution is 7.12. The number of phenols is 2. The highest BCUT2D eigenvalue weighted by atomic mass is 32.1. The van der Waals surface area contributed by atoms with Gasteiger partial charge in [0.05, 0.1) is 10.6 Å². The van der Waals surface area contributed by atoms with Gasteiger partial charge in [-0.3, -0.25) is 15.6 Å². The van der Waals surface area contributed by atoms with Gasteiger partial charge in [-0.15, -0.1) is 11.3 Å². The number of carbonyl (C=O) groups excluding carboxylic acids is 1. The zero-order chi connectivity index (χ0) is 13.8. The molecule has 1 heterocycles. The summed E-state index contributed by atoms with van der Waals surface area (Å²) in [4.78, 5) is 12.2. The van der Waals surface area contributed by atoms with E-state index in [4.69, 9.17) is 0 Å². The highest BCUT2D eigenvalue weighted by Crippen LogP contribution is 2.26. The van der Waals surface area contributed by atoms with Crippen molar-refractivity contribution < 1.29 is 15.0 Å². The zero-order valence-electron chi connectivity index (χ0n) is 9.88. The standard InChI is InChI=1S/C13H12N2O3S/c1-8(10-5-4-9(16)7-11(10)17)14-15-13(18)12-3-2-6-19-12/h2-7,14,16-17H,1H2,(H,15,18). The molecule has 0 saturated heterocycles. The minimum atomic E-state index is -0.283. The number of carbonyl (C=O) groups is 1. The molecule has 0 saturated carbocycles. The van der Waals surface area contributed by atoms with E-state index in [1.54, 1.807) is 17.5 Å². The second kappa shape index (κ2) is 5.45. The Morgan fingerprint density at radius 1 is 1.21 bits per heavy atom. The Labute approximate surface area is 113 Å². The van der Waals surface area contributed by atoms with E-state index in [-0.39, 0.29) is 17.4 Å². The van der Waals surface area contributed by atoms with Crippen molar-refractivity contribution in [3.05, 3.63) is 52.7 Å². The van der Waals surface area contributed by atoms with Gasteiger partial charge in [0.1, 0.15) is 11.5 Å². The first kappa shape index (κ1) is 13.0. The molecule has 2 rings (SSSR count). The van der Waals surface area contributed by atoms with Crippen LogP contribution < -0.4 is 10.9 Å². The van der Waals surface area contributed by atoms with Crippen LogP contribution in [0.4, 0.5) is 0 Å². The lowest BCUT2D eigenvalue weighted by molar-refractivity contribution is 0.0946. The number of hydrazine groups is 1. The smallest absolute Gasteiger partial charge is 0.279 e. The monoisotopic (exact) mass is 276 g/mol. The molecule has 19 heavy (non-hydrogen) atoms. The van der Waals surface area contributed by atoms with E-state index < -0.39 is 0 Å². The van der Waals surface area contributed by atoms with Crippen molar-refractivity contribution in [2.75, 3.05) is 0 Å². The summed E-state index contributed by atoms with van der Waals surface area (Å²) in [5.74, 6) is -0.450. The van der Waals surface area contributed by atoms with Gasteiger partial charge >= 0.3 is 0 Å². The Kier molecular flexibility index (Phi) is 3.72. The van der Waals surface area contributed by atoms with E-state index in [0.717, 1.165) is 0 Å². The van der Waals surface area contributed by atoms with Crippen LogP contribution in [-0.4, -0.2) is 16.1 Å². The molecule has 0 aliphatic heterocycles. The fraction of sp³-hybridized carbons (Fsp3) is 0. The van der Waals surface area contributed by atoms with Gasteiger partial charge in [0.25, 0.3) is 5.91 Å². The highest BCUT2D eigenvalue weighted by Gasteiger charge is 2.09. The molecule has 1 aromatic carbocycles. The minimum absolute atomic E-state index is 0.0447. The zero-order valence-corrected chi connectivity index (χ0v) is 10.7. The third kappa shape index (κ3) is 3.05. The number of rotatable bonds is 4. The second-order valence-corrected chi connectivity index (χ2v) is 4.68. The van der Waals surface area contributed by atoms with Crippen molar-refractivity contribution in [3.8, 4) is 11.5 Å². The van der Waals surface area contributed by atoms with Gasteiger partial charge in [0.15, 0.2) is 0 Å². The van der Waals surface area contributed by atoms with Crippen molar-refractivity contribution in [2.45, 2.75) is 0 Å². The van der Waals surface area contributed by atoms with Gasteiger partial charge in [-0.05, 0) is 23.6 Å². The number of phenolic OH excluding ortho intramolecular Hbond substituents is 2.